The van der Waals surface area contributed by atoms with E-state index in [1.807, 2.05) is 30.3 Å². The van der Waals surface area contributed by atoms with E-state index >= 15 is 0 Å². The van der Waals surface area contributed by atoms with Crippen LogP contribution >= 0.6 is 0 Å². The maximum atomic E-state index is 5.91. The van der Waals surface area contributed by atoms with Crippen molar-refractivity contribution in [2.45, 2.75) is 45.8 Å². The second kappa shape index (κ2) is 7.29. The lowest BCUT2D eigenvalue weighted by Gasteiger charge is -2.18. The summed E-state index contributed by atoms with van der Waals surface area (Å²) < 4.78 is 5.91. The van der Waals surface area contributed by atoms with Crippen LogP contribution in [0.1, 0.15) is 33.6 Å². The number of hydrogen-bond acceptors (Lipinski definition) is 2. The number of ether oxygens (including phenoxy) is 1. The largest absolute Gasteiger partial charge is 0.490 e. The molecule has 0 saturated heterocycles. The van der Waals surface area contributed by atoms with Crippen LogP contribution in [0.25, 0.3) is 0 Å². The van der Waals surface area contributed by atoms with Crippen LogP contribution < -0.4 is 10.1 Å². The first-order chi connectivity index (χ1) is 7.72. The number of benzene rings is 1. The van der Waals surface area contributed by atoms with Crippen LogP contribution in [0.2, 0.25) is 0 Å². The quantitative estimate of drug-likeness (QED) is 0.763. The monoisotopic (exact) mass is 221 g/mol. The summed E-state index contributed by atoms with van der Waals surface area (Å²) in [5.41, 5.74) is 0. The summed E-state index contributed by atoms with van der Waals surface area (Å²) in [4.78, 5) is 0. The van der Waals surface area contributed by atoms with E-state index in [-0.39, 0.29) is 0 Å². The third kappa shape index (κ3) is 5.17. The molecular weight excluding hydrogens is 198 g/mol. The zero-order chi connectivity index (χ0) is 11.8. The molecule has 0 spiro atoms. The van der Waals surface area contributed by atoms with Gasteiger partial charge in [-0.25, -0.2) is 0 Å². The Bertz CT molecular complexity index is 271. The Morgan fingerprint density at radius 1 is 1.19 bits per heavy atom. The molecule has 1 aromatic carbocycles. The predicted molar refractivity (Wildman–Crippen MR) is 68.9 cm³/mol. The van der Waals surface area contributed by atoms with Crippen LogP contribution in [0.5, 0.6) is 5.75 Å². The molecule has 2 nitrogen and oxygen atoms in total. The smallest absolute Gasteiger partial charge is 0.119 e. The van der Waals surface area contributed by atoms with Gasteiger partial charge < -0.3 is 10.1 Å². The summed E-state index contributed by atoms with van der Waals surface area (Å²) in [6.07, 6.45) is 2.42. The summed E-state index contributed by atoms with van der Waals surface area (Å²) in [6, 6.07) is 10.6. The molecule has 1 N–H and O–H groups in total. The maximum absolute atomic E-state index is 5.91. The van der Waals surface area contributed by atoms with Gasteiger partial charge in [0, 0.05) is 6.04 Å². The molecule has 1 atom stereocenters. The van der Waals surface area contributed by atoms with Crippen molar-refractivity contribution in [3.63, 3.8) is 0 Å². The molecule has 2 heteroatoms. The molecule has 0 aliphatic rings. The number of hydrogen-bond donors (Lipinski definition) is 1. The van der Waals surface area contributed by atoms with Gasteiger partial charge in [-0.2, -0.15) is 0 Å². The lowest BCUT2D eigenvalue weighted by atomic mass is 10.2. The van der Waals surface area contributed by atoms with Crippen molar-refractivity contribution in [3.8, 4) is 5.75 Å². The molecule has 0 aliphatic heterocycles. The SMILES string of the molecule is CCC(CCNC(C)C)Oc1ccccc1. The van der Waals surface area contributed by atoms with Crippen LogP contribution in [-0.2, 0) is 0 Å². The Labute approximate surface area is 99.0 Å². The summed E-state index contributed by atoms with van der Waals surface area (Å²) >= 11 is 0. The van der Waals surface area contributed by atoms with E-state index < -0.39 is 0 Å². The van der Waals surface area contributed by atoms with Gasteiger partial charge in [-0.05, 0) is 31.5 Å². The Kier molecular flexibility index (Phi) is 5.94. The van der Waals surface area contributed by atoms with E-state index in [2.05, 4.69) is 26.1 Å². The van der Waals surface area contributed by atoms with Crippen molar-refractivity contribution in [1.82, 2.24) is 5.32 Å². The van der Waals surface area contributed by atoms with E-state index in [9.17, 15) is 0 Å². The van der Waals surface area contributed by atoms with E-state index in [1.165, 1.54) is 0 Å². The third-order valence-electron chi connectivity index (χ3n) is 2.52. The van der Waals surface area contributed by atoms with Gasteiger partial charge in [0.15, 0.2) is 0 Å². The second-order valence-electron chi connectivity index (χ2n) is 4.36. The molecule has 1 aromatic rings. The molecule has 0 amide bonds. The van der Waals surface area contributed by atoms with E-state index in [4.69, 9.17) is 4.74 Å². The van der Waals surface area contributed by atoms with Gasteiger partial charge in [0.05, 0.1) is 6.10 Å². The zero-order valence-corrected chi connectivity index (χ0v) is 10.6. The molecule has 16 heavy (non-hydrogen) atoms. The van der Waals surface area contributed by atoms with Crippen LogP contribution in [0.4, 0.5) is 0 Å². The first-order valence-electron chi connectivity index (χ1n) is 6.17. The molecule has 0 aliphatic carbocycles. The highest BCUT2D eigenvalue weighted by Crippen LogP contribution is 2.13. The molecular formula is C14H23NO. The summed E-state index contributed by atoms with van der Waals surface area (Å²) in [7, 11) is 0. The average molecular weight is 221 g/mol. The standard InChI is InChI=1S/C14H23NO/c1-4-13(10-11-15-12(2)3)16-14-8-6-5-7-9-14/h5-9,12-13,15H,4,10-11H2,1-3H3. The van der Waals surface area contributed by atoms with Gasteiger partial charge in [-0.3, -0.25) is 0 Å². The van der Waals surface area contributed by atoms with Crippen molar-refractivity contribution < 1.29 is 4.74 Å². The summed E-state index contributed by atoms with van der Waals surface area (Å²) in [6.45, 7) is 7.52. The minimum atomic E-state index is 0.314. The third-order valence-corrected chi connectivity index (χ3v) is 2.52. The Balaban J connectivity index is 2.32. The minimum absolute atomic E-state index is 0.314. The van der Waals surface area contributed by atoms with Crippen molar-refractivity contribution in [2.24, 2.45) is 0 Å². The molecule has 0 heterocycles. The fourth-order valence-electron chi connectivity index (χ4n) is 1.57. The van der Waals surface area contributed by atoms with Gasteiger partial charge in [-0.1, -0.05) is 39.0 Å². The molecule has 1 unspecified atom stereocenters. The van der Waals surface area contributed by atoms with Crippen molar-refractivity contribution in [3.05, 3.63) is 30.3 Å². The van der Waals surface area contributed by atoms with Crippen LogP contribution in [0.15, 0.2) is 30.3 Å². The highest BCUT2D eigenvalue weighted by atomic mass is 16.5. The number of rotatable bonds is 7. The van der Waals surface area contributed by atoms with Crippen LogP contribution in [-0.4, -0.2) is 18.7 Å². The molecule has 0 fully saturated rings. The fraction of sp³-hybridized carbons (Fsp3) is 0.571. The summed E-state index contributed by atoms with van der Waals surface area (Å²) in [5.74, 6) is 0.971. The first kappa shape index (κ1) is 13.0. The maximum Gasteiger partial charge on any atom is 0.119 e. The van der Waals surface area contributed by atoms with Crippen molar-refractivity contribution in [2.75, 3.05) is 6.54 Å². The fourth-order valence-corrected chi connectivity index (χ4v) is 1.57. The van der Waals surface area contributed by atoms with Gasteiger partial charge in [-0.15, -0.1) is 0 Å². The molecule has 0 saturated carbocycles. The summed E-state index contributed by atoms with van der Waals surface area (Å²) in [5, 5.41) is 3.42. The van der Waals surface area contributed by atoms with Gasteiger partial charge in [0.25, 0.3) is 0 Å². The predicted octanol–water partition coefficient (Wildman–Crippen LogP) is 3.23. The lowest BCUT2D eigenvalue weighted by Crippen LogP contribution is -2.28. The highest BCUT2D eigenvalue weighted by Gasteiger charge is 2.07. The lowest BCUT2D eigenvalue weighted by molar-refractivity contribution is 0.185. The van der Waals surface area contributed by atoms with E-state index in [0.29, 0.717) is 12.1 Å². The average Bonchev–Trinajstić information content (AvgIpc) is 2.28. The molecule has 1 rings (SSSR count). The Morgan fingerprint density at radius 2 is 1.88 bits per heavy atom. The van der Waals surface area contributed by atoms with Gasteiger partial charge in [0.1, 0.15) is 5.75 Å². The van der Waals surface area contributed by atoms with Crippen molar-refractivity contribution in [1.29, 1.82) is 0 Å². The highest BCUT2D eigenvalue weighted by molar-refractivity contribution is 5.21. The number of nitrogens with one attached hydrogen (secondary N) is 1. The minimum Gasteiger partial charge on any atom is -0.490 e. The van der Waals surface area contributed by atoms with Crippen LogP contribution in [0.3, 0.4) is 0 Å². The normalized spacial score (nSPS) is 12.8. The molecule has 0 radical (unpaired) electrons. The van der Waals surface area contributed by atoms with E-state index in [1.54, 1.807) is 0 Å². The topological polar surface area (TPSA) is 21.3 Å². The first-order valence-corrected chi connectivity index (χ1v) is 6.17. The molecule has 90 valence electrons. The Hall–Kier alpha value is -1.02. The Morgan fingerprint density at radius 3 is 2.44 bits per heavy atom. The van der Waals surface area contributed by atoms with Crippen LogP contribution in [0, 0.1) is 0 Å². The molecule has 0 aromatic heterocycles. The molecule has 0 bridgehead atoms. The van der Waals surface area contributed by atoms with E-state index in [0.717, 1.165) is 25.1 Å². The zero-order valence-electron chi connectivity index (χ0n) is 10.6. The second-order valence-corrected chi connectivity index (χ2v) is 4.36. The van der Waals surface area contributed by atoms with Crippen molar-refractivity contribution >= 4 is 0 Å². The van der Waals surface area contributed by atoms with Gasteiger partial charge >= 0.3 is 0 Å². The van der Waals surface area contributed by atoms with Gasteiger partial charge in [0.2, 0.25) is 0 Å². The number of para-hydroxylation sites is 1.